The molecule has 168 valence electrons. The fraction of sp³-hybridized carbons (Fsp3) is 0.300. The van der Waals surface area contributed by atoms with Gasteiger partial charge >= 0.3 is 0 Å². The van der Waals surface area contributed by atoms with Gasteiger partial charge in [0.1, 0.15) is 5.52 Å². The van der Waals surface area contributed by atoms with Gasteiger partial charge in [-0.15, -0.1) is 0 Å². The van der Waals surface area contributed by atoms with Crippen LogP contribution in [0, 0.1) is 11.6 Å². The first-order valence-electron chi connectivity index (χ1n) is 9.44. The molecular formula is C20H18F4N6OS. The molecule has 4 rings (SSSR count). The molecule has 0 fully saturated rings. The molecule has 0 saturated carbocycles. The van der Waals surface area contributed by atoms with E-state index in [9.17, 15) is 22.4 Å². The van der Waals surface area contributed by atoms with Gasteiger partial charge in [-0.2, -0.15) is 0 Å². The van der Waals surface area contributed by atoms with Crippen LogP contribution >= 0.6 is 11.8 Å². The highest BCUT2D eigenvalue weighted by atomic mass is 32.2. The van der Waals surface area contributed by atoms with Crippen LogP contribution in [0.5, 0.6) is 0 Å². The number of alkyl halides is 2. The van der Waals surface area contributed by atoms with E-state index in [4.69, 9.17) is 5.73 Å². The van der Waals surface area contributed by atoms with E-state index in [0.29, 0.717) is 22.8 Å². The number of thioether (sulfide) groups is 1. The maximum Gasteiger partial charge on any atom is 0.266 e. The Balaban J connectivity index is 1.80. The van der Waals surface area contributed by atoms with Crippen molar-refractivity contribution in [2.45, 2.75) is 37.0 Å². The van der Waals surface area contributed by atoms with Crippen LogP contribution < -0.4 is 16.6 Å². The lowest BCUT2D eigenvalue weighted by molar-refractivity contribution is 0.0892. The standard InChI is InChI=1S/C20H18F4N6OS/c1-19(8-20(2,17(23)24)32-18(25)30-19)10-5-9(6-11(21)14(10)22)28-16-15-12(3-4-26-16)29-13(31)7-27-15/h3-7,17H,8H2,1-2H3,(H2,25,30)(H,26,28)(H,29,31)/t19-,20+/m0/s1. The number of rotatable bonds is 4. The number of benzene rings is 1. The SMILES string of the molecule is C[C@]1(C(F)F)C[C@@](C)(c2cc(Nc3nccc4[nH]c(=O)cnc34)cc(F)c2F)N=C(N)S1. The highest BCUT2D eigenvalue weighted by Crippen LogP contribution is 2.49. The lowest BCUT2D eigenvalue weighted by Crippen LogP contribution is -2.44. The Labute approximate surface area is 183 Å². The summed E-state index contributed by atoms with van der Waals surface area (Å²) >= 11 is 0.712. The smallest absolute Gasteiger partial charge is 0.266 e. The fourth-order valence-electron chi connectivity index (χ4n) is 3.80. The summed E-state index contributed by atoms with van der Waals surface area (Å²) in [6, 6.07) is 3.73. The molecule has 7 nitrogen and oxygen atoms in total. The number of anilines is 2. The number of H-pyrrole nitrogens is 1. The van der Waals surface area contributed by atoms with Crippen molar-refractivity contribution in [1.82, 2.24) is 15.0 Å². The van der Waals surface area contributed by atoms with Crippen molar-refractivity contribution in [2.24, 2.45) is 10.7 Å². The van der Waals surface area contributed by atoms with Crippen molar-refractivity contribution in [3.8, 4) is 0 Å². The van der Waals surface area contributed by atoms with Crippen LogP contribution in [-0.2, 0) is 5.54 Å². The Morgan fingerprint density at radius 3 is 2.72 bits per heavy atom. The first-order chi connectivity index (χ1) is 15.0. The van der Waals surface area contributed by atoms with Gasteiger partial charge in [-0.25, -0.2) is 27.5 Å². The maximum absolute atomic E-state index is 14.9. The zero-order valence-electron chi connectivity index (χ0n) is 16.9. The highest BCUT2D eigenvalue weighted by molar-refractivity contribution is 8.15. The van der Waals surface area contributed by atoms with E-state index in [1.54, 1.807) is 0 Å². The third kappa shape index (κ3) is 3.90. The largest absolute Gasteiger partial charge is 0.378 e. The molecule has 0 saturated heterocycles. The number of amidine groups is 1. The molecule has 1 aromatic carbocycles. The number of aromatic nitrogens is 3. The van der Waals surface area contributed by atoms with Crippen LogP contribution in [0.2, 0.25) is 0 Å². The molecular weight excluding hydrogens is 448 g/mol. The summed E-state index contributed by atoms with van der Waals surface area (Å²) in [4.78, 5) is 26.4. The molecule has 3 aromatic rings. The predicted molar refractivity (Wildman–Crippen MR) is 115 cm³/mol. The summed E-state index contributed by atoms with van der Waals surface area (Å²) in [5.41, 5.74) is 4.40. The minimum Gasteiger partial charge on any atom is -0.378 e. The first-order valence-corrected chi connectivity index (χ1v) is 10.3. The van der Waals surface area contributed by atoms with E-state index in [1.165, 1.54) is 32.2 Å². The molecule has 1 aliphatic heterocycles. The molecule has 3 heterocycles. The van der Waals surface area contributed by atoms with Gasteiger partial charge in [-0.05, 0) is 32.4 Å². The molecule has 1 aliphatic rings. The van der Waals surface area contributed by atoms with Crippen LogP contribution in [0.25, 0.3) is 11.0 Å². The number of nitrogens with two attached hydrogens (primary N) is 1. The number of pyridine rings is 1. The van der Waals surface area contributed by atoms with Crippen LogP contribution in [0.3, 0.4) is 0 Å². The Kier molecular flexibility index (Phi) is 5.35. The zero-order valence-corrected chi connectivity index (χ0v) is 17.7. The Hall–Kier alpha value is -3.15. The van der Waals surface area contributed by atoms with E-state index < -0.39 is 33.9 Å². The molecule has 0 bridgehead atoms. The zero-order chi connectivity index (χ0) is 23.3. The van der Waals surface area contributed by atoms with Crippen molar-refractivity contribution < 1.29 is 17.6 Å². The molecule has 0 aliphatic carbocycles. The first kappa shape index (κ1) is 22.1. The maximum atomic E-state index is 14.9. The summed E-state index contributed by atoms with van der Waals surface area (Å²) in [5, 5.41) is 2.71. The molecule has 0 amide bonds. The molecule has 32 heavy (non-hydrogen) atoms. The molecule has 0 radical (unpaired) electrons. The highest BCUT2D eigenvalue weighted by Gasteiger charge is 2.48. The molecule has 4 N–H and O–H groups in total. The topological polar surface area (TPSA) is 109 Å². The van der Waals surface area contributed by atoms with Crippen molar-refractivity contribution in [1.29, 1.82) is 0 Å². The second kappa shape index (κ2) is 7.76. The van der Waals surface area contributed by atoms with Gasteiger partial charge in [0, 0.05) is 23.5 Å². The van der Waals surface area contributed by atoms with Gasteiger partial charge in [0.05, 0.1) is 22.0 Å². The number of hydrogen-bond donors (Lipinski definition) is 3. The fourth-order valence-corrected chi connectivity index (χ4v) is 4.96. The second-order valence-electron chi connectivity index (χ2n) is 7.86. The average molecular weight is 466 g/mol. The molecule has 12 heteroatoms. The van der Waals surface area contributed by atoms with Crippen molar-refractivity contribution >= 4 is 39.5 Å². The van der Waals surface area contributed by atoms with Gasteiger partial charge in [-0.1, -0.05) is 11.8 Å². The average Bonchev–Trinajstić information content (AvgIpc) is 2.69. The second-order valence-corrected chi connectivity index (χ2v) is 9.42. The summed E-state index contributed by atoms with van der Waals surface area (Å²) in [7, 11) is 0. The van der Waals surface area contributed by atoms with Crippen LogP contribution in [-0.4, -0.2) is 31.3 Å². The lowest BCUT2D eigenvalue weighted by Gasteiger charge is -2.40. The monoisotopic (exact) mass is 466 g/mol. The Morgan fingerprint density at radius 2 is 2.00 bits per heavy atom. The van der Waals surface area contributed by atoms with E-state index >= 15 is 0 Å². The normalized spacial score (nSPS) is 23.4. The molecule has 0 unspecified atom stereocenters. The van der Waals surface area contributed by atoms with Crippen molar-refractivity contribution in [3.05, 3.63) is 58.1 Å². The Bertz CT molecular complexity index is 1300. The van der Waals surface area contributed by atoms with Crippen molar-refractivity contribution in [3.63, 3.8) is 0 Å². The van der Waals surface area contributed by atoms with Crippen LogP contribution in [0.15, 0.2) is 40.4 Å². The van der Waals surface area contributed by atoms with E-state index in [-0.39, 0.29) is 28.7 Å². The van der Waals surface area contributed by atoms with E-state index in [1.807, 2.05) is 0 Å². The van der Waals surface area contributed by atoms with Gasteiger partial charge in [-0.3, -0.25) is 9.79 Å². The number of hydrogen-bond acceptors (Lipinski definition) is 7. The number of halogens is 4. The Morgan fingerprint density at radius 1 is 1.25 bits per heavy atom. The summed E-state index contributed by atoms with van der Waals surface area (Å²) < 4.78 is 55.2. The van der Waals surface area contributed by atoms with E-state index in [0.717, 1.165) is 12.3 Å². The quantitative estimate of drug-likeness (QED) is 0.501. The van der Waals surface area contributed by atoms with E-state index in [2.05, 4.69) is 25.3 Å². The summed E-state index contributed by atoms with van der Waals surface area (Å²) in [6.07, 6.45) is -0.557. The third-order valence-electron chi connectivity index (χ3n) is 5.22. The third-order valence-corrected chi connectivity index (χ3v) is 6.30. The number of fused-ring (bicyclic) bond motifs is 1. The minimum atomic E-state index is -2.76. The summed E-state index contributed by atoms with van der Waals surface area (Å²) in [6.45, 7) is 2.75. The molecule has 2 atom stereocenters. The van der Waals surface area contributed by atoms with Crippen LogP contribution in [0.4, 0.5) is 29.1 Å². The van der Waals surface area contributed by atoms with Crippen LogP contribution in [0.1, 0.15) is 25.8 Å². The number of nitrogens with one attached hydrogen (secondary N) is 2. The minimum absolute atomic E-state index is 0.0962. The van der Waals surface area contributed by atoms with Crippen molar-refractivity contribution in [2.75, 3.05) is 5.32 Å². The van der Waals surface area contributed by atoms with Gasteiger partial charge in [0.2, 0.25) is 0 Å². The van der Waals surface area contributed by atoms with Gasteiger partial charge < -0.3 is 16.0 Å². The summed E-state index contributed by atoms with van der Waals surface area (Å²) in [5.74, 6) is -2.22. The number of aliphatic imine (C=N–C) groups is 1. The van der Waals surface area contributed by atoms with Gasteiger partial charge in [0.15, 0.2) is 22.6 Å². The molecule has 2 aromatic heterocycles. The van der Waals surface area contributed by atoms with Gasteiger partial charge in [0.25, 0.3) is 12.0 Å². The predicted octanol–water partition coefficient (Wildman–Crippen LogP) is 4.03. The lowest BCUT2D eigenvalue weighted by atomic mass is 9.82. The number of aromatic amines is 1. The number of nitrogens with zero attached hydrogens (tertiary/aromatic N) is 3. The molecule has 0 spiro atoms.